The van der Waals surface area contributed by atoms with Gasteiger partial charge in [0.25, 0.3) is 0 Å². The number of carbonyl (C=O) groups excluding carboxylic acids is 3. The molecule has 2 N–H and O–H groups in total. The number of hydrogen-bond acceptors (Lipinski definition) is 21. The van der Waals surface area contributed by atoms with Gasteiger partial charge in [-0.2, -0.15) is 5.26 Å². The number of carbonyl (C=O) groups is 3. The van der Waals surface area contributed by atoms with Crippen molar-refractivity contribution >= 4 is 70.0 Å². The number of ether oxygens (including phenoxy) is 5. The topological polar surface area (TPSA) is 249 Å². The molecule has 29 heteroatoms. The summed E-state index contributed by atoms with van der Waals surface area (Å²) in [5.74, 6) is 0.0164. The predicted octanol–water partition coefficient (Wildman–Crippen LogP) is 11.6. The lowest BCUT2D eigenvalue weighted by Crippen LogP contribution is -2.75. The van der Waals surface area contributed by atoms with E-state index in [0.717, 1.165) is 16.8 Å². The number of nitrogens with zero attached hydrogens (tertiary/aromatic N) is 14. The lowest BCUT2D eigenvalue weighted by atomic mass is 9.72. The summed E-state index contributed by atoms with van der Waals surface area (Å²) in [6, 6.07) is 41.8. The second-order valence-electron chi connectivity index (χ2n) is 24.2. The van der Waals surface area contributed by atoms with E-state index in [9.17, 15) is 24.8 Å². The van der Waals surface area contributed by atoms with Gasteiger partial charge in [-0.25, -0.2) is 33.1 Å². The number of aromatic hydroxyl groups is 1. The standard InChI is InChI=1S/C72H75Cl2F2N15O10/c1-83(2)69(93)101-60-24-9-49(10-25-60)61-37-50(68-82-81-45-100-68)11-28-62(61)84(3)41-57(90-44-80-66(73)67(90)74)42-87(55-18-7-48(39-77)8-19-55)46-88(56-20-14-52(75)15-21-56)47-91(65-38-53(76)29-30-78-65)72(51-12-22-58(92)23-13-51,64-43-99-36-35-89(64)71(95)98-6)63(40-79-54-16-26-59(96-4)27-17-54)85-31-33-86(34-32-85)70(94)97-5/h7-30,37-38,44-45,57,63-64,79,92H,31-36,40-43,46-47H2,1-6H3. The number of imidazole rings is 1. The normalized spacial score (nSPS) is 15.1. The molecule has 0 saturated carbocycles. The van der Waals surface area contributed by atoms with Gasteiger partial charge >= 0.3 is 18.3 Å². The van der Waals surface area contributed by atoms with Gasteiger partial charge in [-0.15, -0.1) is 10.2 Å². The fraction of sp³-hybridized carbons (Fsp3) is 0.306. The summed E-state index contributed by atoms with van der Waals surface area (Å²) < 4.78 is 68.6. The molecule has 2 aliphatic rings. The minimum absolute atomic E-state index is 0.0336. The van der Waals surface area contributed by atoms with E-state index in [2.05, 4.69) is 36.4 Å². The Morgan fingerprint density at radius 3 is 2.08 bits per heavy atom. The molecule has 6 aromatic carbocycles. The average molecular weight is 1420 g/mol. The number of anilines is 5. The van der Waals surface area contributed by atoms with Gasteiger partial charge in [-0.3, -0.25) is 9.80 Å². The Morgan fingerprint density at radius 1 is 0.762 bits per heavy atom. The molecule has 5 heterocycles. The molecule has 0 spiro atoms. The van der Waals surface area contributed by atoms with Gasteiger partial charge in [-0.05, 0) is 132 Å². The summed E-state index contributed by atoms with van der Waals surface area (Å²) in [5.41, 5.74) is 3.74. The summed E-state index contributed by atoms with van der Waals surface area (Å²) in [4.78, 5) is 65.1. The van der Waals surface area contributed by atoms with Crippen LogP contribution in [0.25, 0.3) is 22.6 Å². The van der Waals surface area contributed by atoms with Gasteiger partial charge in [-0.1, -0.05) is 47.5 Å². The number of morpholine rings is 1. The lowest BCUT2D eigenvalue weighted by molar-refractivity contribution is -0.0585. The van der Waals surface area contributed by atoms with E-state index in [-0.39, 0.29) is 107 Å². The Bertz CT molecular complexity index is 4310. The number of phenolic OH excluding ortho intramolecular Hbond substituents is 1. The fourth-order valence-corrected chi connectivity index (χ4v) is 13.4. The summed E-state index contributed by atoms with van der Waals surface area (Å²) in [6.45, 7) is 0.952. The smallest absolute Gasteiger partial charge is 0.414 e. The zero-order valence-electron chi connectivity index (χ0n) is 56.3. The SMILES string of the molecule is COC(=O)N1CCN(C(CNc2ccc(OC)cc2)C(c2ccc(O)cc2)(C2COCCN2C(=O)OC)N(CN(CN(CC(CN(C)c2ccc(-c3nnco3)cc2-c2ccc(OC(=O)N(C)C)cc2)n2cnc(Cl)c2Cl)c2ccc(C#N)cc2)c2ccc(F)cc2)c2cc(F)ccn2)CC1. The van der Waals surface area contributed by atoms with Crippen LogP contribution in [0.1, 0.15) is 17.2 Å². The average Bonchev–Trinajstić information content (AvgIpc) is 1.15. The summed E-state index contributed by atoms with van der Waals surface area (Å²) >= 11 is 14.0. The first kappa shape index (κ1) is 71.4. The number of nitrogens with one attached hydrogen (secondary N) is 1. The van der Waals surface area contributed by atoms with E-state index in [4.69, 9.17) is 56.3 Å². The first-order valence-corrected chi connectivity index (χ1v) is 33.0. The molecule has 0 aliphatic carbocycles. The quantitative estimate of drug-likeness (QED) is 0.0505. The number of pyridine rings is 1. The number of rotatable bonds is 25. The van der Waals surface area contributed by atoms with Crippen LogP contribution in [0.4, 0.5) is 51.7 Å². The summed E-state index contributed by atoms with van der Waals surface area (Å²) in [7, 11) is 9.29. The largest absolute Gasteiger partial charge is 0.508 e. The first-order valence-electron chi connectivity index (χ1n) is 32.2. The molecule has 0 bridgehead atoms. The monoisotopic (exact) mass is 1420 g/mol. The van der Waals surface area contributed by atoms with Crippen molar-refractivity contribution in [1.29, 1.82) is 5.26 Å². The molecule has 0 radical (unpaired) electrons. The Balaban J connectivity index is 1.10. The molecule has 3 amide bonds. The number of amides is 3. The maximum atomic E-state index is 16.8. The van der Waals surface area contributed by atoms with Crippen LogP contribution in [-0.2, 0) is 19.7 Å². The molecule has 25 nitrogen and oxygen atoms in total. The highest BCUT2D eigenvalue weighted by molar-refractivity contribution is 6.40. The molecule has 101 heavy (non-hydrogen) atoms. The van der Waals surface area contributed by atoms with Crippen LogP contribution in [0.2, 0.25) is 10.3 Å². The Kier molecular flexibility index (Phi) is 22.9. The van der Waals surface area contributed by atoms with Crippen LogP contribution in [0.5, 0.6) is 17.2 Å². The van der Waals surface area contributed by atoms with Crippen LogP contribution < -0.4 is 34.4 Å². The van der Waals surface area contributed by atoms with Crippen molar-refractivity contribution < 1.29 is 56.4 Å². The highest BCUT2D eigenvalue weighted by Gasteiger charge is 2.58. The van der Waals surface area contributed by atoms with Gasteiger partial charge in [0.2, 0.25) is 12.3 Å². The number of likely N-dealkylation sites (N-methyl/N-ethyl adjacent to an activating group) is 1. The fourth-order valence-electron chi connectivity index (χ4n) is 13.0. The van der Waals surface area contributed by atoms with Crippen LogP contribution in [-0.4, -0.2) is 201 Å². The highest BCUT2D eigenvalue weighted by Crippen LogP contribution is 2.47. The number of hydrogen-bond donors (Lipinski definition) is 2. The van der Waals surface area contributed by atoms with Crippen molar-refractivity contribution in [3.8, 4) is 45.9 Å². The second kappa shape index (κ2) is 32.4. The molecule has 2 saturated heterocycles. The maximum absolute atomic E-state index is 16.8. The molecule has 11 rings (SSSR count). The van der Waals surface area contributed by atoms with Gasteiger partial charge in [0.05, 0.1) is 84.0 Å². The third-order valence-electron chi connectivity index (χ3n) is 18.1. The number of aromatic nitrogens is 5. The van der Waals surface area contributed by atoms with Gasteiger partial charge in [0.15, 0.2) is 5.15 Å². The zero-order chi connectivity index (χ0) is 71.3. The van der Waals surface area contributed by atoms with E-state index in [1.54, 1.807) is 90.4 Å². The van der Waals surface area contributed by atoms with Crippen LogP contribution in [0, 0.1) is 23.0 Å². The first-order chi connectivity index (χ1) is 48.9. The number of halogens is 4. The number of benzene rings is 6. The van der Waals surface area contributed by atoms with Crippen LogP contribution in [0.15, 0.2) is 175 Å². The number of piperazine rings is 1. The van der Waals surface area contributed by atoms with E-state index in [0.29, 0.717) is 45.3 Å². The van der Waals surface area contributed by atoms with E-state index in [1.807, 2.05) is 88.5 Å². The number of methoxy groups -OCH3 is 3. The molecule has 2 aliphatic heterocycles. The lowest BCUT2D eigenvalue weighted by Gasteiger charge is -2.60. The Morgan fingerprint density at radius 2 is 1.45 bits per heavy atom. The second-order valence-corrected chi connectivity index (χ2v) is 24.9. The molecular formula is C72H75Cl2F2N15O10. The predicted molar refractivity (Wildman–Crippen MR) is 378 cm³/mol. The molecule has 3 aromatic heterocycles. The molecule has 9 aromatic rings. The van der Waals surface area contributed by atoms with E-state index >= 15 is 8.78 Å². The molecule has 526 valence electrons. The number of nitriles is 1. The third-order valence-corrected chi connectivity index (χ3v) is 18.8. The van der Waals surface area contributed by atoms with Crippen molar-refractivity contribution in [1.82, 2.24) is 44.3 Å². The Hall–Kier alpha value is -10.9. The summed E-state index contributed by atoms with van der Waals surface area (Å²) in [5, 5.41) is 33.6. The Labute approximate surface area is 592 Å². The van der Waals surface area contributed by atoms with Crippen molar-refractivity contribution in [2.45, 2.75) is 23.7 Å². The third kappa shape index (κ3) is 16.2. The molecule has 4 unspecified atom stereocenters. The van der Waals surface area contributed by atoms with E-state index < -0.39 is 53.6 Å². The van der Waals surface area contributed by atoms with Crippen LogP contribution in [0.3, 0.4) is 0 Å². The molecule has 2 fully saturated rings. The summed E-state index contributed by atoms with van der Waals surface area (Å²) in [6.07, 6.45) is 2.38. The number of phenols is 1. The van der Waals surface area contributed by atoms with Crippen molar-refractivity contribution in [3.05, 3.63) is 204 Å². The molecule has 4 atom stereocenters. The van der Waals surface area contributed by atoms with E-state index in [1.165, 1.54) is 68.1 Å². The van der Waals surface area contributed by atoms with Gasteiger partial charge < -0.3 is 72.5 Å². The van der Waals surface area contributed by atoms with Crippen molar-refractivity contribution in [2.24, 2.45) is 0 Å². The minimum Gasteiger partial charge on any atom is -0.508 e. The maximum Gasteiger partial charge on any atom is 0.414 e. The molecular weight excluding hydrogens is 1340 g/mol. The zero-order valence-corrected chi connectivity index (χ0v) is 57.8. The minimum atomic E-state index is -1.71. The van der Waals surface area contributed by atoms with Gasteiger partial charge in [0.1, 0.15) is 45.4 Å². The van der Waals surface area contributed by atoms with Crippen molar-refractivity contribution in [3.63, 3.8) is 0 Å². The highest BCUT2D eigenvalue weighted by atomic mass is 35.5. The van der Waals surface area contributed by atoms with Crippen LogP contribution >= 0.6 is 23.2 Å². The van der Waals surface area contributed by atoms with Crippen molar-refractivity contribution in [2.75, 3.05) is 146 Å². The van der Waals surface area contributed by atoms with Gasteiger partial charge in [0, 0.05) is 120 Å².